The lowest BCUT2D eigenvalue weighted by atomic mass is 10.1. The van der Waals surface area contributed by atoms with Gasteiger partial charge >= 0.3 is 0 Å². The molecule has 1 saturated heterocycles. The molecule has 1 unspecified atom stereocenters. The maximum atomic E-state index is 12.7. The molecule has 0 aliphatic carbocycles. The monoisotopic (exact) mass is 297 g/mol. The van der Waals surface area contributed by atoms with Crippen molar-refractivity contribution in [1.29, 1.82) is 0 Å². The second-order valence-corrected chi connectivity index (χ2v) is 6.44. The molecule has 0 spiro atoms. The lowest BCUT2D eigenvalue weighted by molar-refractivity contribution is 0.0728. The summed E-state index contributed by atoms with van der Waals surface area (Å²) in [6.45, 7) is 2.92. The summed E-state index contributed by atoms with van der Waals surface area (Å²) < 4.78 is 0. The van der Waals surface area contributed by atoms with Gasteiger partial charge in [0, 0.05) is 33.3 Å². The zero-order chi connectivity index (χ0) is 14.7. The van der Waals surface area contributed by atoms with Gasteiger partial charge in [-0.1, -0.05) is 11.3 Å². The number of aliphatic hydroxyl groups excluding tert-OH is 1. The van der Waals surface area contributed by atoms with Gasteiger partial charge in [-0.05, 0) is 32.6 Å². The molecule has 5 nitrogen and oxygen atoms in total. The van der Waals surface area contributed by atoms with E-state index in [4.69, 9.17) is 5.11 Å². The highest BCUT2D eigenvalue weighted by molar-refractivity contribution is 7.17. The van der Waals surface area contributed by atoms with Gasteiger partial charge in [-0.15, -0.1) is 0 Å². The number of aryl methyl sites for hydroxylation is 1. The molecular formula is C14H23N3O2S. The van der Waals surface area contributed by atoms with Gasteiger partial charge in [0.05, 0.1) is 5.69 Å². The second-order valence-electron chi connectivity index (χ2n) is 5.47. The fraction of sp³-hybridized carbons (Fsp3) is 0.714. The number of likely N-dealkylation sites (tertiary alicyclic amines) is 1. The average Bonchev–Trinajstić information content (AvgIpc) is 3.02. The number of hydrogen-bond acceptors (Lipinski definition) is 5. The molecule has 2 heterocycles. The quantitative estimate of drug-likeness (QED) is 0.902. The predicted molar refractivity (Wildman–Crippen MR) is 81.6 cm³/mol. The highest BCUT2D eigenvalue weighted by atomic mass is 32.1. The molecule has 0 bridgehead atoms. The molecule has 1 N–H and O–H groups in total. The maximum Gasteiger partial charge on any atom is 0.266 e. The molecule has 20 heavy (non-hydrogen) atoms. The number of amides is 1. The smallest absolute Gasteiger partial charge is 0.266 e. The number of carbonyl (C=O) groups excluding carboxylic acids is 1. The van der Waals surface area contributed by atoms with E-state index >= 15 is 0 Å². The Hall–Kier alpha value is -1.14. The lowest BCUT2D eigenvalue weighted by Gasteiger charge is -2.24. The normalized spacial score (nSPS) is 18.6. The van der Waals surface area contributed by atoms with Crippen LogP contribution in [0.4, 0.5) is 5.13 Å². The summed E-state index contributed by atoms with van der Waals surface area (Å²) >= 11 is 1.46. The molecule has 112 valence electrons. The average molecular weight is 297 g/mol. The van der Waals surface area contributed by atoms with Crippen LogP contribution in [0, 0.1) is 6.92 Å². The first kappa shape index (κ1) is 15.3. The topological polar surface area (TPSA) is 56.7 Å². The fourth-order valence-corrected chi connectivity index (χ4v) is 3.58. The standard InChI is InChI=1S/C14H23N3O2S/c1-10-12(20-14(15-10)16(2)3)13(19)17-8-4-6-11(17)7-5-9-18/h11,18H,4-9H2,1-3H3. The predicted octanol–water partition coefficient (Wildman–Crippen LogP) is 1.89. The zero-order valence-electron chi connectivity index (χ0n) is 12.4. The Kier molecular flexibility index (Phi) is 4.99. The number of aromatic nitrogens is 1. The van der Waals surface area contributed by atoms with Crippen molar-refractivity contribution >= 4 is 22.4 Å². The van der Waals surface area contributed by atoms with E-state index in [1.807, 2.05) is 30.8 Å². The Morgan fingerprint density at radius 3 is 2.90 bits per heavy atom. The number of nitrogens with zero attached hydrogens (tertiary/aromatic N) is 3. The van der Waals surface area contributed by atoms with Crippen molar-refractivity contribution in [3.05, 3.63) is 10.6 Å². The summed E-state index contributed by atoms with van der Waals surface area (Å²) in [4.78, 5) is 21.8. The molecule has 0 saturated carbocycles. The minimum Gasteiger partial charge on any atom is -0.396 e. The van der Waals surface area contributed by atoms with Crippen molar-refractivity contribution in [3.8, 4) is 0 Å². The van der Waals surface area contributed by atoms with Crippen LogP contribution in [0.5, 0.6) is 0 Å². The summed E-state index contributed by atoms with van der Waals surface area (Å²) in [5.41, 5.74) is 0.816. The third-order valence-corrected chi connectivity index (χ3v) is 5.01. The first-order valence-electron chi connectivity index (χ1n) is 7.11. The Labute approximate surface area is 124 Å². The first-order valence-corrected chi connectivity index (χ1v) is 7.92. The van der Waals surface area contributed by atoms with Crippen LogP contribution >= 0.6 is 11.3 Å². The Morgan fingerprint density at radius 1 is 1.55 bits per heavy atom. The van der Waals surface area contributed by atoms with Crippen molar-refractivity contribution in [2.45, 2.75) is 38.6 Å². The van der Waals surface area contributed by atoms with Crippen LogP contribution < -0.4 is 4.90 Å². The molecule has 1 atom stereocenters. The van der Waals surface area contributed by atoms with E-state index in [9.17, 15) is 4.79 Å². The van der Waals surface area contributed by atoms with Crippen molar-refractivity contribution < 1.29 is 9.90 Å². The number of aliphatic hydroxyl groups is 1. The molecular weight excluding hydrogens is 274 g/mol. The second kappa shape index (κ2) is 6.54. The molecule has 1 aromatic rings. The van der Waals surface area contributed by atoms with Crippen LogP contribution in [0.15, 0.2) is 0 Å². The SMILES string of the molecule is Cc1nc(N(C)C)sc1C(=O)N1CCCC1CCCO. The van der Waals surface area contributed by atoms with E-state index < -0.39 is 0 Å². The molecule has 6 heteroatoms. The van der Waals surface area contributed by atoms with E-state index in [0.717, 1.165) is 47.9 Å². The molecule has 0 radical (unpaired) electrons. The van der Waals surface area contributed by atoms with Gasteiger partial charge in [0.25, 0.3) is 5.91 Å². The van der Waals surface area contributed by atoms with Crippen molar-refractivity contribution in [2.24, 2.45) is 0 Å². The van der Waals surface area contributed by atoms with Gasteiger partial charge in [-0.25, -0.2) is 4.98 Å². The summed E-state index contributed by atoms with van der Waals surface area (Å²) in [6, 6.07) is 0.277. The minimum absolute atomic E-state index is 0.105. The number of anilines is 1. The van der Waals surface area contributed by atoms with Crippen molar-refractivity contribution in [1.82, 2.24) is 9.88 Å². The number of rotatable bonds is 5. The van der Waals surface area contributed by atoms with Gasteiger partial charge < -0.3 is 14.9 Å². The Bertz CT molecular complexity index is 473. The van der Waals surface area contributed by atoms with Crippen LogP contribution in [0.3, 0.4) is 0 Å². The lowest BCUT2D eigenvalue weighted by Crippen LogP contribution is -2.35. The Morgan fingerprint density at radius 2 is 2.30 bits per heavy atom. The van der Waals surface area contributed by atoms with E-state index in [1.165, 1.54) is 11.3 Å². The van der Waals surface area contributed by atoms with E-state index in [0.29, 0.717) is 0 Å². The molecule has 1 aromatic heterocycles. The van der Waals surface area contributed by atoms with Gasteiger partial charge in [0.15, 0.2) is 5.13 Å². The summed E-state index contributed by atoms with van der Waals surface area (Å²) in [6.07, 6.45) is 3.75. The van der Waals surface area contributed by atoms with Crippen LogP contribution in [0.1, 0.15) is 41.0 Å². The summed E-state index contributed by atoms with van der Waals surface area (Å²) in [7, 11) is 3.87. The van der Waals surface area contributed by atoms with Gasteiger partial charge in [-0.2, -0.15) is 0 Å². The summed E-state index contributed by atoms with van der Waals surface area (Å²) in [5.74, 6) is 0.105. The molecule has 1 amide bonds. The van der Waals surface area contributed by atoms with Crippen LogP contribution in [0.25, 0.3) is 0 Å². The highest BCUT2D eigenvalue weighted by Crippen LogP contribution is 2.29. The third kappa shape index (κ3) is 3.12. The molecule has 1 aliphatic rings. The van der Waals surface area contributed by atoms with Crippen LogP contribution in [-0.2, 0) is 0 Å². The number of hydrogen-bond donors (Lipinski definition) is 1. The molecule has 2 rings (SSSR count). The molecule has 1 aliphatic heterocycles. The zero-order valence-corrected chi connectivity index (χ0v) is 13.2. The maximum absolute atomic E-state index is 12.7. The first-order chi connectivity index (χ1) is 9.54. The molecule has 1 fully saturated rings. The van der Waals surface area contributed by atoms with Crippen LogP contribution in [0.2, 0.25) is 0 Å². The minimum atomic E-state index is 0.105. The van der Waals surface area contributed by atoms with Gasteiger partial charge in [0.1, 0.15) is 4.88 Å². The van der Waals surface area contributed by atoms with Crippen molar-refractivity contribution in [2.75, 3.05) is 32.1 Å². The van der Waals surface area contributed by atoms with Crippen molar-refractivity contribution in [3.63, 3.8) is 0 Å². The summed E-state index contributed by atoms with van der Waals surface area (Å²) in [5, 5.41) is 9.83. The van der Waals surface area contributed by atoms with Gasteiger partial charge in [-0.3, -0.25) is 4.79 Å². The fourth-order valence-electron chi connectivity index (χ4n) is 2.63. The van der Waals surface area contributed by atoms with E-state index in [1.54, 1.807) is 0 Å². The largest absolute Gasteiger partial charge is 0.396 e. The van der Waals surface area contributed by atoms with Crippen LogP contribution in [-0.4, -0.2) is 54.2 Å². The van der Waals surface area contributed by atoms with E-state index in [2.05, 4.69) is 4.98 Å². The number of carbonyl (C=O) groups is 1. The highest BCUT2D eigenvalue weighted by Gasteiger charge is 2.31. The number of thiazole rings is 1. The van der Waals surface area contributed by atoms with E-state index in [-0.39, 0.29) is 18.6 Å². The Balaban J connectivity index is 2.13. The molecule has 0 aromatic carbocycles. The van der Waals surface area contributed by atoms with Gasteiger partial charge in [0.2, 0.25) is 0 Å². The third-order valence-electron chi connectivity index (χ3n) is 3.70.